The summed E-state index contributed by atoms with van der Waals surface area (Å²) in [5, 5.41) is 0. The Bertz CT molecular complexity index is 779. The predicted octanol–water partition coefficient (Wildman–Crippen LogP) is 2.32. The third-order valence-electron chi connectivity index (χ3n) is 3.27. The van der Waals surface area contributed by atoms with Gasteiger partial charge in [-0.3, -0.25) is 9.10 Å². The number of hydrogen-bond acceptors (Lipinski definition) is 3. The van der Waals surface area contributed by atoms with Gasteiger partial charge in [0.2, 0.25) is 10.0 Å². The number of para-hydroxylation sites is 1. The molecule has 5 heteroatoms. The van der Waals surface area contributed by atoms with Crippen LogP contribution in [-0.2, 0) is 10.0 Å². The summed E-state index contributed by atoms with van der Waals surface area (Å²) in [6, 6.07) is 15.2. The maximum atomic E-state index is 11.4. The van der Waals surface area contributed by atoms with Crippen molar-refractivity contribution in [2.24, 2.45) is 0 Å². The van der Waals surface area contributed by atoms with Gasteiger partial charge in [0.1, 0.15) is 0 Å². The lowest BCUT2D eigenvalue weighted by Gasteiger charge is -2.14. The highest BCUT2D eigenvalue weighted by Crippen LogP contribution is 2.32. The van der Waals surface area contributed by atoms with Gasteiger partial charge in [-0.25, -0.2) is 8.42 Å². The van der Waals surface area contributed by atoms with Crippen molar-refractivity contribution in [3.63, 3.8) is 0 Å². The van der Waals surface area contributed by atoms with Gasteiger partial charge >= 0.3 is 0 Å². The van der Waals surface area contributed by atoms with Crippen molar-refractivity contribution in [3.8, 4) is 11.1 Å². The third kappa shape index (κ3) is 2.32. The average molecular weight is 287 g/mol. The lowest BCUT2D eigenvalue weighted by molar-refractivity contribution is 0.101. The zero-order valence-electron chi connectivity index (χ0n) is 10.9. The van der Waals surface area contributed by atoms with Crippen molar-refractivity contribution in [1.29, 1.82) is 0 Å². The molecule has 3 aliphatic rings. The van der Waals surface area contributed by atoms with Crippen LogP contribution in [0.4, 0.5) is 5.69 Å². The molecule has 1 heterocycles. The fourth-order valence-electron chi connectivity index (χ4n) is 2.20. The molecule has 0 fully saturated rings. The van der Waals surface area contributed by atoms with Gasteiger partial charge in [0.15, 0.2) is 5.78 Å². The largest absolute Gasteiger partial charge is 0.292 e. The van der Waals surface area contributed by atoms with Crippen molar-refractivity contribution in [2.75, 3.05) is 17.1 Å². The Morgan fingerprint density at radius 2 is 1.65 bits per heavy atom. The fraction of sp³-hybridized carbons (Fsp3) is 0.133. The van der Waals surface area contributed by atoms with E-state index in [-0.39, 0.29) is 12.3 Å². The van der Waals surface area contributed by atoms with E-state index in [2.05, 4.69) is 24.3 Å². The van der Waals surface area contributed by atoms with Gasteiger partial charge in [0, 0.05) is 5.56 Å². The molecule has 0 atom stereocenters. The zero-order chi connectivity index (χ0) is 14.3. The maximum absolute atomic E-state index is 11.4. The molecule has 4 rings (SSSR count). The number of Topliss-reactive ketones (excluding diaryl/α,β-unsaturated/α-hetero) is 1. The minimum Gasteiger partial charge on any atom is -0.292 e. The topological polar surface area (TPSA) is 54.5 Å². The Labute approximate surface area is 117 Å². The number of hydrogen-bond donors (Lipinski definition) is 0. The molecule has 0 saturated heterocycles. The number of rotatable bonds is 1. The number of carbonyl (C=O) groups is 1. The molecule has 0 aromatic heterocycles. The first-order valence-corrected chi connectivity index (χ1v) is 8.02. The van der Waals surface area contributed by atoms with Gasteiger partial charge in [-0.2, -0.15) is 0 Å². The fourth-order valence-corrected chi connectivity index (χ4v) is 3.07. The van der Waals surface area contributed by atoms with Gasteiger partial charge in [-0.1, -0.05) is 30.3 Å². The van der Waals surface area contributed by atoms with Gasteiger partial charge in [-0.15, -0.1) is 0 Å². The minimum absolute atomic E-state index is 0.0713. The van der Waals surface area contributed by atoms with E-state index >= 15 is 0 Å². The number of anilines is 1. The molecular weight excluding hydrogens is 274 g/mol. The van der Waals surface area contributed by atoms with Gasteiger partial charge in [-0.05, 0) is 29.3 Å². The van der Waals surface area contributed by atoms with E-state index in [0.717, 1.165) is 10.6 Å². The summed E-state index contributed by atoms with van der Waals surface area (Å²) in [6.07, 6.45) is 1.10. The summed E-state index contributed by atoms with van der Waals surface area (Å²) in [4.78, 5) is 11.4. The van der Waals surface area contributed by atoms with Crippen LogP contribution in [0.2, 0.25) is 0 Å². The van der Waals surface area contributed by atoms with Crippen LogP contribution in [0.25, 0.3) is 11.1 Å². The molecular formula is C15H13NO3S. The molecule has 4 nitrogen and oxygen atoms in total. The summed E-state index contributed by atoms with van der Waals surface area (Å²) in [5.41, 5.74) is 3.82. The van der Waals surface area contributed by atoms with Crippen LogP contribution in [0, 0.1) is 0 Å². The lowest BCUT2D eigenvalue weighted by Crippen LogP contribution is -2.28. The highest BCUT2D eigenvalue weighted by Gasteiger charge is 2.31. The number of sulfonamides is 1. The number of benzene rings is 2. The molecule has 0 unspecified atom stereocenters. The highest BCUT2D eigenvalue weighted by molar-refractivity contribution is 7.92. The Morgan fingerprint density at radius 1 is 1.00 bits per heavy atom. The molecule has 102 valence electrons. The molecule has 1 aliphatic heterocycles. The Hall–Kier alpha value is -2.14. The molecule has 0 N–H and O–H groups in total. The SMILES string of the molecule is CS(=O)(=O)N1CC(=O)c2ccccc21.c1cc2cc-2c1. The quantitative estimate of drug-likeness (QED) is 0.690. The summed E-state index contributed by atoms with van der Waals surface area (Å²) >= 11 is 0. The number of nitrogens with zero attached hydrogens (tertiary/aromatic N) is 1. The normalized spacial score (nSPS) is 14.4. The van der Waals surface area contributed by atoms with Crippen LogP contribution in [0.15, 0.2) is 48.5 Å². The standard InChI is InChI=1S/C9H9NO3S.C6H4/c1-14(12,13)10-6-9(11)7-4-2-3-5-8(7)10;1-2-5-4-6(5)3-1/h2-5H,6H2,1H3;1-4H. The summed E-state index contributed by atoms with van der Waals surface area (Å²) in [5.74, 6) is -0.147. The lowest BCUT2D eigenvalue weighted by atomic mass is 10.1. The van der Waals surface area contributed by atoms with E-state index in [9.17, 15) is 13.2 Å². The molecule has 0 saturated carbocycles. The zero-order valence-corrected chi connectivity index (χ0v) is 11.7. The van der Waals surface area contributed by atoms with Crippen LogP contribution >= 0.6 is 0 Å². The molecule has 2 aliphatic carbocycles. The smallest absolute Gasteiger partial charge is 0.232 e. The van der Waals surface area contributed by atoms with E-state index in [1.807, 2.05) is 0 Å². The van der Waals surface area contributed by atoms with Crippen LogP contribution in [0.1, 0.15) is 10.4 Å². The summed E-state index contributed by atoms with van der Waals surface area (Å²) < 4.78 is 23.8. The van der Waals surface area contributed by atoms with Crippen molar-refractivity contribution in [3.05, 3.63) is 54.1 Å². The molecule has 1 aromatic carbocycles. The van der Waals surface area contributed by atoms with Gasteiger partial charge < -0.3 is 0 Å². The van der Waals surface area contributed by atoms with Crippen LogP contribution in [0.3, 0.4) is 0 Å². The summed E-state index contributed by atoms with van der Waals surface area (Å²) in [6.45, 7) is -0.0713. The van der Waals surface area contributed by atoms with Gasteiger partial charge in [0.05, 0.1) is 18.5 Å². The molecule has 0 spiro atoms. The van der Waals surface area contributed by atoms with E-state index in [4.69, 9.17) is 0 Å². The van der Waals surface area contributed by atoms with Crippen molar-refractivity contribution in [2.45, 2.75) is 0 Å². The van der Waals surface area contributed by atoms with E-state index < -0.39 is 10.0 Å². The number of carbonyl (C=O) groups excluding carboxylic acids is 1. The third-order valence-corrected chi connectivity index (χ3v) is 4.40. The molecule has 0 radical (unpaired) electrons. The van der Waals surface area contributed by atoms with E-state index in [0.29, 0.717) is 11.3 Å². The number of ketones is 1. The Morgan fingerprint density at radius 3 is 2.15 bits per heavy atom. The van der Waals surface area contributed by atoms with Crippen LogP contribution < -0.4 is 4.31 Å². The monoisotopic (exact) mass is 287 g/mol. The van der Waals surface area contributed by atoms with Crippen LogP contribution in [0.5, 0.6) is 0 Å². The van der Waals surface area contributed by atoms with Crippen molar-refractivity contribution in [1.82, 2.24) is 0 Å². The van der Waals surface area contributed by atoms with Crippen molar-refractivity contribution < 1.29 is 13.2 Å². The predicted molar refractivity (Wildman–Crippen MR) is 78.4 cm³/mol. The first-order chi connectivity index (χ1) is 9.47. The highest BCUT2D eigenvalue weighted by atomic mass is 32.2. The molecule has 0 amide bonds. The number of fused-ring (bicyclic) bond motifs is 2. The van der Waals surface area contributed by atoms with E-state index in [1.165, 1.54) is 11.1 Å². The van der Waals surface area contributed by atoms with E-state index in [1.54, 1.807) is 24.3 Å². The second kappa shape index (κ2) is 4.45. The molecule has 20 heavy (non-hydrogen) atoms. The van der Waals surface area contributed by atoms with Gasteiger partial charge in [0.25, 0.3) is 0 Å². The summed E-state index contributed by atoms with van der Waals surface area (Å²) in [7, 11) is -3.34. The van der Waals surface area contributed by atoms with Crippen LogP contribution in [-0.4, -0.2) is 27.0 Å². The molecule has 1 aromatic rings. The first-order valence-electron chi connectivity index (χ1n) is 6.17. The average Bonchev–Trinajstić information content (AvgIpc) is 2.84. The Balaban J connectivity index is 0.000000165. The Kier molecular flexibility index (Phi) is 2.87. The minimum atomic E-state index is -3.34. The second-order valence-corrected chi connectivity index (χ2v) is 6.70. The first kappa shape index (κ1) is 12.9. The maximum Gasteiger partial charge on any atom is 0.232 e. The second-order valence-electron chi connectivity index (χ2n) is 4.79. The van der Waals surface area contributed by atoms with Crippen molar-refractivity contribution >= 4 is 21.5 Å². The molecule has 0 bridgehead atoms.